The zero-order chi connectivity index (χ0) is 11.0. The fraction of sp³-hybridized carbons (Fsp3) is 1.00. The van der Waals surface area contributed by atoms with E-state index in [9.17, 15) is 5.11 Å². The van der Waals surface area contributed by atoms with Gasteiger partial charge in [-0.25, -0.2) is 0 Å². The molecule has 0 bridgehead atoms. The topological polar surface area (TPSA) is 43.7 Å². The molecule has 0 aliphatic rings. The standard InChI is InChI=1S/C11H25NO2/c1-4-11(14,5-2)10-12(6-3)8-7-9-13/h13-14H,4-10H2,1-3H3. The highest BCUT2D eigenvalue weighted by Crippen LogP contribution is 2.16. The van der Waals surface area contributed by atoms with E-state index < -0.39 is 5.60 Å². The molecule has 14 heavy (non-hydrogen) atoms. The van der Waals surface area contributed by atoms with E-state index in [1.165, 1.54) is 0 Å². The molecule has 0 saturated carbocycles. The van der Waals surface area contributed by atoms with Crippen molar-refractivity contribution in [2.75, 3.05) is 26.2 Å². The molecule has 0 aromatic carbocycles. The summed E-state index contributed by atoms with van der Waals surface area (Å²) in [6.45, 7) is 8.87. The Morgan fingerprint density at radius 2 is 1.71 bits per heavy atom. The second-order valence-corrected chi connectivity index (χ2v) is 3.88. The fourth-order valence-electron chi connectivity index (χ4n) is 1.53. The molecule has 0 fully saturated rings. The Hall–Kier alpha value is -0.120. The van der Waals surface area contributed by atoms with Crippen molar-refractivity contribution in [3.8, 4) is 0 Å². The third-order valence-corrected chi connectivity index (χ3v) is 2.91. The Morgan fingerprint density at radius 3 is 2.07 bits per heavy atom. The van der Waals surface area contributed by atoms with Gasteiger partial charge in [-0.2, -0.15) is 0 Å². The first kappa shape index (κ1) is 13.9. The molecule has 0 heterocycles. The summed E-state index contributed by atoms with van der Waals surface area (Å²) >= 11 is 0. The summed E-state index contributed by atoms with van der Waals surface area (Å²) in [5.74, 6) is 0. The number of aliphatic hydroxyl groups is 2. The Morgan fingerprint density at radius 1 is 1.14 bits per heavy atom. The molecule has 0 amide bonds. The minimum Gasteiger partial charge on any atom is -0.396 e. The van der Waals surface area contributed by atoms with Crippen molar-refractivity contribution in [1.82, 2.24) is 4.90 Å². The van der Waals surface area contributed by atoms with Gasteiger partial charge in [-0.1, -0.05) is 20.8 Å². The molecule has 0 aliphatic heterocycles. The molecule has 0 aromatic heterocycles. The molecular weight excluding hydrogens is 178 g/mol. The van der Waals surface area contributed by atoms with Crippen LogP contribution < -0.4 is 0 Å². The molecule has 2 N–H and O–H groups in total. The highest BCUT2D eigenvalue weighted by molar-refractivity contribution is 4.79. The van der Waals surface area contributed by atoms with Crippen LogP contribution in [0, 0.1) is 0 Å². The lowest BCUT2D eigenvalue weighted by molar-refractivity contribution is -0.00326. The summed E-state index contributed by atoms with van der Waals surface area (Å²) in [4.78, 5) is 2.20. The Labute approximate surface area is 87.7 Å². The van der Waals surface area contributed by atoms with Crippen LogP contribution in [0.1, 0.15) is 40.0 Å². The minimum atomic E-state index is -0.550. The van der Waals surface area contributed by atoms with Gasteiger partial charge in [0.25, 0.3) is 0 Å². The summed E-state index contributed by atoms with van der Waals surface area (Å²) in [5.41, 5.74) is -0.550. The number of hydrogen-bond donors (Lipinski definition) is 2. The Balaban J connectivity index is 4.00. The van der Waals surface area contributed by atoms with E-state index in [4.69, 9.17) is 5.11 Å². The van der Waals surface area contributed by atoms with Crippen LogP contribution in [0.3, 0.4) is 0 Å². The van der Waals surface area contributed by atoms with Crippen molar-refractivity contribution >= 4 is 0 Å². The molecule has 3 heteroatoms. The van der Waals surface area contributed by atoms with Gasteiger partial charge >= 0.3 is 0 Å². The second kappa shape index (κ2) is 7.21. The number of nitrogens with zero attached hydrogens (tertiary/aromatic N) is 1. The van der Waals surface area contributed by atoms with E-state index in [-0.39, 0.29) is 6.61 Å². The third kappa shape index (κ3) is 4.94. The van der Waals surface area contributed by atoms with Crippen LogP contribution in [0.15, 0.2) is 0 Å². The van der Waals surface area contributed by atoms with E-state index in [0.717, 1.165) is 38.9 Å². The number of aliphatic hydroxyl groups excluding tert-OH is 1. The molecule has 0 unspecified atom stereocenters. The van der Waals surface area contributed by atoms with Crippen LogP contribution in [-0.4, -0.2) is 47.0 Å². The maximum absolute atomic E-state index is 10.1. The van der Waals surface area contributed by atoms with E-state index in [0.29, 0.717) is 0 Å². The first-order valence-corrected chi connectivity index (χ1v) is 5.67. The summed E-state index contributed by atoms with van der Waals surface area (Å²) < 4.78 is 0. The fourth-order valence-corrected chi connectivity index (χ4v) is 1.53. The van der Waals surface area contributed by atoms with Crippen LogP contribution in [-0.2, 0) is 0 Å². The number of rotatable bonds is 8. The molecule has 0 rings (SSSR count). The van der Waals surface area contributed by atoms with Gasteiger partial charge in [0, 0.05) is 19.7 Å². The zero-order valence-electron chi connectivity index (χ0n) is 9.79. The predicted molar refractivity (Wildman–Crippen MR) is 59.3 cm³/mol. The summed E-state index contributed by atoms with van der Waals surface area (Å²) in [6, 6.07) is 0. The smallest absolute Gasteiger partial charge is 0.0768 e. The van der Waals surface area contributed by atoms with Gasteiger partial charge in [0.2, 0.25) is 0 Å². The lowest BCUT2D eigenvalue weighted by Gasteiger charge is -2.32. The van der Waals surface area contributed by atoms with E-state index >= 15 is 0 Å². The third-order valence-electron chi connectivity index (χ3n) is 2.91. The van der Waals surface area contributed by atoms with Crippen molar-refractivity contribution in [2.45, 2.75) is 45.6 Å². The summed E-state index contributed by atoms with van der Waals surface area (Å²) in [7, 11) is 0. The quantitative estimate of drug-likeness (QED) is 0.624. The Kier molecular flexibility index (Phi) is 7.15. The largest absolute Gasteiger partial charge is 0.396 e. The van der Waals surface area contributed by atoms with Crippen LogP contribution in [0.5, 0.6) is 0 Å². The SMILES string of the molecule is CCN(CCCO)CC(O)(CC)CC. The van der Waals surface area contributed by atoms with Crippen molar-refractivity contribution in [3.63, 3.8) is 0 Å². The highest BCUT2D eigenvalue weighted by Gasteiger charge is 2.24. The van der Waals surface area contributed by atoms with Crippen LogP contribution >= 0.6 is 0 Å². The van der Waals surface area contributed by atoms with Gasteiger partial charge in [0.05, 0.1) is 5.60 Å². The first-order chi connectivity index (χ1) is 6.61. The van der Waals surface area contributed by atoms with E-state index in [1.54, 1.807) is 0 Å². The zero-order valence-corrected chi connectivity index (χ0v) is 9.79. The molecule has 0 spiro atoms. The molecule has 0 aliphatic carbocycles. The molecule has 0 radical (unpaired) electrons. The highest BCUT2D eigenvalue weighted by atomic mass is 16.3. The van der Waals surface area contributed by atoms with E-state index in [1.807, 2.05) is 13.8 Å². The average molecular weight is 203 g/mol. The summed E-state index contributed by atoms with van der Waals surface area (Å²) in [6.07, 6.45) is 2.37. The van der Waals surface area contributed by atoms with Crippen molar-refractivity contribution in [1.29, 1.82) is 0 Å². The van der Waals surface area contributed by atoms with Crippen LogP contribution in [0.2, 0.25) is 0 Å². The molecule has 0 saturated heterocycles. The van der Waals surface area contributed by atoms with Crippen molar-refractivity contribution < 1.29 is 10.2 Å². The second-order valence-electron chi connectivity index (χ2n) is 3.88. The molecule has 0 aromatic rings. The lowest BCUT2D eigenvalue weighted by atomic mass is 9.97. The monoisotopic (exact) mass is 203 g/mol. The maximum atomic E-state index is 10.1. The van der Waals surface area contributed by atoms with Gasteiger partial charge in [-0.15, -0.1) is 0 Å². The van der Waals surface area contributed by atoms with Gasteiger partial charge < -0.3 is 15.1 Å². The molecule has 86 valence electrons. The van der Waals surface area contributed by atoms with Gasteiger partial charge in [-0.3, -0.25) is 0 Å². The average Bonchev–Trinajstić information content (AvgIpc) is 2.23. The lowest BCUT2D eigenvalue weighted by Crippen LogP contribution is -2.42. The van der Waals surface area contributed by atoms with Crippen molar-refractivity contribution in [2.24, 2.45) is 0 Å². The normalized spacial score (nSPS) is 12.4. The van der Waals surface area contributed by atoms with Gasteiger partial charge in [0.15, 0.2) is 0 Å². The van der Waals surface area contributed by atoms with E-state index in [2.05, 4.69) is 11.8 Å². The number of likely N-dealkylation sites (N-methyl/N-ethyl adjacent to an activating group) is 1. The molecule has 0 atom stereocenters. The van der Waals surface area contributed by atoms with Gasteiger partial charge in [0.1, 0.15) is 0 Å². The van der Waals surface area contributed by atoms with Crippen LogP contribution in [0.25, 0.3) is 0 Å². The van der Waals surface area contributed by atoms with Gasteiger partial charge in [-0.05, 0) is 25.8 Å². The van der Waals surface area contributed by atoms with Crippen molar-refractivity contribution in [3.05, 3.63) is 0 Å². The number of hydrogen-bond acceptors (Lipinski definition) is 3. The Bertz CT molecular complexity index is 135. The maximum Gasteiger partial charge on any atom is 0.0768 e. The molecular formula is C11H25NO2. The first-order valence-electron chi connectivity index (χ1n) is 5.67. The predicted octanol–water partition coefficient (Wildman–Crippen LogP) is 1.24. The van der Waals surface area contributed by atoms with Crippen LogP contribution in [0.4, 0.5) is 0 Å². The summed E-state index contributed by atoms with van der Waals surface area (Å²) in [5, 5.41) is 18.9. The minimum absolute atomic E-state index is 0.229. The molecule has 3 nitrogen and oxygen atoms in total.